The van der Waals surface area contributed by atoms with E-state index in [-0.39, 0.29) is 36.1 Å². The highest BCUT2D eigenvalue weighted by Gasteiger charge is 2.36. The summed E-state index contributed by atoms with van der Waals surface area (Å²) in [5.74, 6) is 2.17. The summed E-state index contributed by atoms with van der Waals surface area (Å²) in [4.78, 5) is 28.0. The highest BCUT2D eigenvalue weighted by Crippen LogP contribution is 2.40. The third-order valence-corrected chi connectivity index (χ3v) is 7.66. The molecule has 0 unspecified atom stereocenters. The smallest absolute Gasteiger partial charge is 0.287 e. The first kappa shape index (κ1) is 26.1. The third kappa shape index (κ3) is 5.79. The quantitative estimate of drug-likeness (QED) is 0.388. The van der Waals surface area contributed by atoms with E-state index in [0.717, 1.165) is 55.5 Å². The molecule has 6 nitrogen and oxygen atoms in total. The fraction of sp³-hybridized carbons (Fsp3) is 0.438. The maximum atomic E-state index is 13.6. The largest absolute Gasteiger partial charge is 0.486 e. The summed E-state index contributed by atoms with van der Waals surface area (Å²) in [6, 6.07) is 18.0. The Bertz CT molecular complexity index is 1270. The fourth-order valence-corrected chi connectivity index (χ4v) is 5.55. The molecule has 1 atom stereocenters. The monoisotopic (exact) mass is 514 g/mol. The highest BCUT2D eigenvalue weighted by molar-refractivity contribution is 5.91. The van der Waals surface area contributed by atoms with E-state index in [9.17, 15) is 9.59 Å². The molecule has 38 heavy (non-hydrogen) atoms. The Morgan fingerprint density at radius 3 is 2.55 bits per heavy atom. The van der Waals surface area contributed by atoms with Crippen LogP contribution < -0.4 is 10.1 Å². The molecule has 1 saturated carbocycles. The molecular weight excluding hydrogens is 476 g/mol. The van der Waals surface area contributed by atoms with Crippen LogP contribution in [0.1, 0.15) is 84.1 Å². The van der Waals surface area contributed by atoms with E-state index in [4.69, 9.17) is 9.15 Å². The molecule has 0 bridgehead atoms. The van der Waals surface area contributed by atoms with Crippen LogP contribution in [0.4, 0.5) is 0 Å². The van der Waals surface area contributed by atoms with Gasteiger partial charge in [0.25, 0.3) is 5.91 Å². The van der Waals surface area contributed by atoms with Crippen molar-refractivity contribution in [3.8, 4) is 5.75 Å². The van der Waals surface area contributed by atoms with E-state index >= 15 is 0 Å². The normalized spacial score (nSPS) is 17.5. The summed E-state index contributed by atoms with van der Waals surface area (Å²) in [7, 11) is 0. The molecule has 6 heteroatoms. The van der Waals surface area contributed by atoms with Crippen LogP contribution in [0.3, 0.4) is 0 Å². The summed E-state index contributed by atoms with van der Waals surface area (Å²) in [6.07, 6.45) is 5.10. The molecule has 0 radical (unpaired) electrons. The second-order valence-corrected chi connectivity index (χ2v) is 11.1. The van der Waals surface area contributed by atoms with Crippen LogP contribution in [-0.4, -0.2) is 29.8 Å². The van der Waals surface area contributed by atoms with E-state index in [2.05, 4.69) is 53.5 Å². The molecule has 2 heterocycles. The SMILES string of the molecule is Cc1ccc([C@H]2c3cc(OCc4ccc(C(=O)NCC(C)C)o4)ccc3CCN2C(=O)C2CCCC2)cc1. The van der Waals surface area contributed by atoms with Crippen LogP contribution in [0.25, 0.3) is 0 Å². The van der Waals surface area contributed by atoms with Gasteiger partial charge in [-0.3, -0.25) is 9.59 Å². The number of nitrogens with one attached hydrogen (secondary N) is 1. The number of benzene rings is 2. The number of fused-ring (bicyclic) bond motifs is 1. The van der Waals surface area contributed by atoms with Gasteiger partial charge < -0.3 is 19.4 Å². The minimum atomic E-state index is -0.216. The maximum absolute atomic E-state index is 13.6. The molecule has 0 saturated heterocycles. The van der Waals surface area contributed by atoms with Crippen molar-refractivity contribution in [2.24, 2.45) is 11.8 Å². The lowest BCUT2D eigenvalue weighted by Crippen LogP contribution is -2.43. The van der Waals surface area contributed by atoms with Crippen molar-refractivity contribution < 1.29 is 18.7 Å². The van der Waals surface area contributed by atoms with Crippen LogP contribution in [0, 0.1) is 18.8 Å². The zero-order chi connectivity index (χ0) is 26.6. The van der Waals surface area contributed by atoms with Gasteiger partial charge in [-0.05, 0) is 73.1 Å². The minimum Gasteiger partial charge on any atom is -0.486 e. The Morgan fingerprint density at radius 2 is 1.82 bits per heavy atom. The standard InChI is InChI=1S/C32H38N2O4/c1-21(2)19-33-31(35)29-15-14-27(38-29)20-37-26-13-12-23-16-17-34(32(36)25-6-4-5-7-25)30(28(23)18-26)24-10-8-22(3)9-11-24/h8-15,18,21,25,30H,4-7,16-17,19-20H2,1-3H3,(H,33,35)/t30-/m0/s1. The van der Waals surface area contributed by atoms with Gasteiger partial charge in [0.15, 0.2) is 5.76 Å². The van der Waals surface area contributed by atoms with Crippen LogP contribution in [0.15, 0.2) is 59.0 Å². The molecule has 2 aromatic carbocycles. The van der Waals surface area contributed by atoms with Gasteiger partial charge in [-0.2, -0.15) is 0 Å². The summed E-state index contributed by atoms with van der Waals surface area (Å²) in [5, 5.41) is 2.87. The van der Waals surface area contributed by atoms with Gasteiger partial charge in [-0.25, -0.2) is 0 Å². The van der Waals surface area contributed by atoms with E-state index in [1.165, 1.54) is 11.1 Å². The number of rotatable bonds is 8. The number of aryl methyl sites for hydroxylation is 1. The number of amides is 2. The summed E-state index contributed by atoms with van der Waals surface area (Å²) >= 11 is 0. The zero-order valence-electron chi connectivity index (χ0n) is 22.7. The van der Waals surface area contributed by atoms with Crippen LogP contribution in [-0.2, 0) is 17.8 Å². The van der Waals surface area contributed by atoms with E-state index in [1.807, 2.05) is 19.9 Å². The summed E-state index contributed by atoms with van der Waals surface area (Å²) < 4.78 is 11.8. The van der Waals surface area contributed by atoms with Gasteiger partial charge in [-0.15, -0.1) is 0 Å². The number of furan rings is 1. The number of hydrogen-bond donors (Lipinski definition) is 1. The molecule has 200 valence electrons. The number of carbonyl (C=O) groups is 2. The van der Waals surface area contributed by atoms with Gasteiger partial charge in [0.1, 0.15) is 18.1 Å². The fourth-order valence-electron chi connectivity index (χ4n) is 5.55. The Labute approximate surface area is 225 Å². The van der Waals surface area contributed by atoms with Crippen molar-refractivity contribution in [2.45, 2.75) is 65.5 Å². The van der Waals surface area contributed by atoms with Crippen LogP contribution in [0.2, 0.25) is 0 Å². The molecule has 1 fully saturated rings. The molecule has 1 N–H and O–H groups in total. The molecule has 1 aromatic heterocycles. The molecule has 0 spiro atoms. The Hall–Kier alpha value is -3.54. The first-order chi connectivity index (χ1) is 18.4. The van der Waals surface area contributed by atoms with Crippen LogP contribution >= 0.6 is 0 Å². The Morgan fingerprint density at radius 1 is 1.05 bits per heavy atom. The third-order valence-electron chi connectivity index (χ3n) is 7.66. The zero-order valence-corrected chi connectivity index (χ0v) is 22.7. The average Bonchev–Trinajstić information content (AvgIpc) is 3.63. The Balaban J connectivity index is 1.36. The average molecular weight is 515 g/mol. The van der Waals surface area contributed by atoms with Gasteiger partial charge >= 0.3 is 0 Å². The number of ether oxygens (including phenoxy) is 1. The Kier molecular flexibility index (Phi) is 7.87. The summed E-state index contributed by atoms with van der Waals surface area (Å²) in [5.41, 5.74) is 4.70. The lowest BCUT2D eigenvalue weighted by atomic mass is 9.86. The van der Waals surface area contributed by atoms with Crippen molar-refractivity contribution in [3.05, 3.63) is 88.4 Å². The van der Waals surface area contributed by atoms with Gasteiger partial charge in [0.05, 0.1) is 6.04 Å². The molecule has 3 aromatic rings. The second-order valence-electron chi connectivity index (χ2n) is 11.1. The molecular formula is C32H38N2O4. The van der Waals surface area contributed by atoms with E-state index in [0.29, 0.717) is 18.2 Å². The van der Waals surface area contributed by atoms with Gasteiger partial charge in [0, 0.05) is 19.0 Å². The second kappa shape index (κ2) is 11.5. The highest BCUT2D eigenvalue weighted by atomic mass is 16.5. The summed E-state index contributed by atoms with van der Waals surface area (Å²) in [6.45, 7) is 7.73. The predicted molar refractivity (Wildman–Crippen MR) is 147 cm³/mol. The first-order valence-corrected chi connectivity index (χ1v) is 13.9. The number of nitrogens with zero attached hydrogens (tertiary/aromatic N) is 1. The van der Waals surface area contributed by atoms with Crippen molar-refractivity contribution in [1.82, 2.24) is 10.2 Å². The van der Waals surface area contributed by atoms with Crippen molar-refractivity contribution in [2.75, 3.05) is 13.1 Å². The van der Waals surface area contributed by atoms with Crippen molar-refractivity contribution >= 4 is 11.8 Å². The number of hydrogen-bond acceptors (Lipinski definition) is 4. The number of carbonyl (C=O) groups excluding carboxylic acids is 2. The van der Waals surface area contributed by atoms with Gasteiger partial charge in [0.2, 0.25) is 5.91 Å². The molecule has 1 aliphatic heterocycles. The van der Waals surface area contributed by atoms with Gasteiger partial charge in [-0.1, -0.05) is 62.6 Å². The lowest BCUT2D eigenvalue weighted by molar-refractivity contribution is -0.137. The molecule has 5 rings (SSSR count). The van der Waals surface area contributed by atoms with Crippen molar-refractivity contribution in [3.63, 3.8) is 0 Å². The van der Waals surface area contributed by atoms with Crippen molar-refractivity contribution in [1.29, 1.82) is 0 Å². The molecule has 1 aliphatic carbocycles. The van der Waals surface area contributed by atoms with E-state index < -0.39 is 0 Å². The topological polar surface area (TPSA) is 71.8 Å². The lowest BCUT2D eigenvalue weighted by Gasteiger charge is -2.39. The van der Waals surface area contributed by atoms with Crippen LogP contribution in [0.5, 0.6) is 5.75 Å². The predicted octanol–water partition coefficient (Wildman–Crippen LogP) is 6.22. The molecule has 2 aliphatic rings. The van der Waals surface area contributed by atoms with E-state index in [1.54, 1.807) is 12.1 Å². The minimum absolute atomic E-state index is 0.129. The maximum Gasteiger partial charge on any atom is 0.287 e. The first-order valence-electron chi connectivity index (χ1n) is 13.9. The molecule has 2 amide bonds.